The molecule has 1 heterocycles. The van der Waals surface area contributed by atoms with E-state index >= 15 is 0 Å². The van der Waals surface area contributed by atoms with E-state index in [4.69, 9.17) is 0 Å². The Morgan fingerprint density at radius 1 is 1.29 bits per heavy atom. The fourth-order valence-electron chi connectivity index (χ4n) is 3.14. The predicted molar refractivity (Wildman–Crippen MR) is 70.1 cm³/mol. The van der Waals surface area contributed by atoms with Crippen LogP contribution in [-0.4, -0.2) is 16.3 Å². The van der Waals surface area contributed by atoms with Crippen LogP contribution in [0.15, 0.2) is 30.5 Å². The summed E-state index contributed by atoms with van der Waals surface area (Å²) in [4.78, 5) is 0. The smallest absolute Gasteiger partial charge is 0.0533 e. The minimum atomic E-state index is -0.0168. The summed E-state index contributed by atoms with van der Waals surface area (Å²) < 4.78 is 2.13. The van der Waals surface area contributed by atoms with E-state index in [1.165, 1.54) is 16.5 Å². The summed E-state index contributed by atoms with van der Waals surface area (Å²) in [6, 6.07) is 8.71. The first-order valence-electron chi connectivity index (χ1n) is 6.17. The number of nitrogens with zero attached hydrogens (tertiary/aromatic N) is 1. The monoisotopic (exact) mass is 229 g/mol. The third-order valence-corrected chi connectivity index (χ3v) is 4.62. The second-order valence-corrected chi connectivity index (χ2v) is 6.00. The fourth-order valence-corrected chi connectivity index (χ4v) is 3.14. The summed E-state index contributed by atoms with van der Waals surface area (Å²) in [5.74, 6) is 0. The van der Waals surface area contributed by atoms with Crippen molar-refractivity contribution in [3.8, 4) is 0 Å². The Kier molecular flexibility index (Phi) is 2.00. The van der Waals surface area contributed by atoms with Crippen LogP contribution in [0.2, 0.25) is 0 Å². The zero-order valence-corrected chi connectivity index (χ0v) is 10.7. The van der Waals surface area contributed by atoms with Gasteiger partial charge in [0.1, 0.15) is 0 Å². The molecular weight excluding hydrogens is 210 g/mol. The van der Waals surface area contributed by atoms with Gasteiger partial charge in [0.2, 0.25) is 0 Å². The lowest BCUT2D eigenvalue weighted by atomic mass is 9.88. The molecule has 1 atom stereocenters. The molecule has 0 spiro atoms. The van der Waals surface area contributed by atoms with Crippen LogP contribution in [0.25, 0.3) is 10.9 Å². The van der Waals surface area contributed by atoms with Crippen molar-refractivity contribution in [2.24, 2.45) is 12.5 Å². The molecule has 1 unspecified atom stereocenters. The van der Waals surface area contributed by atoms with E-state index in [9.17, 15) is 5.11 Å². The lowest BCUT2D eigenvalue weighted by Gasteiger charge is -2.18. The van der Waals surface area contributed by atoms with Crippen molar-refractivity contribution >= 4 is 10.9 Å². The summed E-state index contributed by atoms with van der Waals surface area (Å²) in [6.07, 6.45) is 3.16. The number of fused-ring (bicyclic) bond motifs is 1. The molecule has 1 aromatic heterocycles. The zero-order valence-electron chi connectivity index (χ0n) is 10.7. The highest BCUT2D eigenvalue weighted by atomic mass is 16.3. The molecule has 1 aromatic carbocycles. The normalized spacial score (nSPS) is 26.4. The van der Waals surface area contributed by atoms with E-state index in [2.05, 4.69) is 55.9 Å². The SMILES string of the molecule is Cn1ccc2cc(C3(CO)CC3(C)C)ccc21. The molecule has 1 aliphatic rings. The van der Waals surface area contributed by atoms with E-state index in [1.807, 2.05) is 0 Å². The molecule has 17 heavy (non-hydrogen) atoms. The highest BCUT2D eigenvalue weighted by Gasteiger charge is 2.61. The molecule has 2 aromatic rings. The number of aromatic nitrogens is 1. The second kappa shape index (κ2) is 3.14. The third-order valence-electron chi connectivity index (χ3n) is 4.62. The van der Waals surface area contributed by atoms with Crippen LogP contribution in [0.1, 0.15) is 25.8 Å². The summed E-state index contributed by atoms with van der Waals surface area (Å²) >= 11 is 0. The van der Waals surface area contributed by atoms with Gasteiger partial charge in [0, 0.05) is 24.2 Å². The standard InChI is InChI=1S/C15H19NO/c1-14(2)9-15(14,10-17)12-4-5-13-11(8-12)6-7-16(13)3/h4-8,17H,9-10H2,1-3H3. The first-order chi connectivity index (χ1) is 8.00. The number of aryl methyl sites for hydroxylation is 1. The number of rotatable bonds is 2. The van der Waals surface area contributed by atoms with Crippen molar-refractivity contribution in [1.82, 2.24) is 4.57 Å². The molecule has 1 N–H and O–H groups in total. The molecule has 0 aliphatic heterocycles. The average Bonchev–Trinajstić information content (AvgIpc) is 2.69. The largest absolute Gasteiger partial charge is 0.395 e. The van der Waals surface area contributed by atoms with Gasteiger partial charge in [0.05, 0.1) is 6.61 Å². The third kappa shape index (κ3) is 1.31. The van der Waals surface area contributed by atoms with Crippen LogP contribution in [0.3, 0.4) is 0 Å². The van der Waals surface area contributed by atoms with Crippen LogP contribution in [0.5, 0.6) is 0 Å². The quantitative estimate of drug-likeness (QED) is 0.841. The first-order valence-corrected chi connectivity index (χ1v) is 6.17. The van der Waals surface area contributed by atoms with Crippen molar-refractivity contribution in [3.05, 3.63) is 36.0 Å². The van der Waals surface area contributed by atoms with Gasteiger partial charge in [-0.2, -0.15) is 0 Å². The lowest BCUT2D eigenvalue weighted by molar-refractivity contribution is 0.231. The van der Waals surface area contributed by atoms with E-state index in [0.29, 0.717) is 0 Å². The summed E-state index contributed by atoms with van der Waals surface area (Å²) in [5.41, 5.74) is 2.74. The Morgan fingerprint density at radius 2 is 2.00 bits per heavy atom. The first kappa shape index (κ1) is 10.8. The Hall–Kier alpha value is -1.28. The Labute approximate surface area is 102 Å². The minimum Gasteiger partial charge on any atom is -0.395 e. The molecule has 2 nitrogen and oxygen atoms in total. The predicted octanol–water partition coefficient (Wildman–Crippen LogP) is 2.84. The Morgan fingerprint density at radius 3 is 2.59 bits per heavy atom. The van der Waals surface area contributed by atoms with Crippen LogP contribution in [0, 0.1) is 5.41 Å². The molecule has 1 saturated carbocycles. The maximum absolute atomic E-state index is 9.72. The van der Waals surface area contributed by atoms with Gasteiger partial charge in [-0.05, 0) is 41.0 Å². The second-order valence-electron chi connectivity index (χ2n) is 6.00. The molecule has 0 radical (unpaired) electrons. The molecular formula is C15H19NO. The van der Waals surface area contributed by atoms with E-state index in [0.717, 1.165) is 6.42 Å². The molecule has 1 fully saturated rings. The molecule has 0 bridgehead atoms. The van der Waals surface area contributed by atoms with E-state index < -0.39 is 0 Å². The molecule has 1 aliphatic carbocycles. The van der Waals surface area contributed by atoms with E-state index in [1.54, 1.807) is 0 Å². The van der Waals surface area contributed by atoms with Crippen LogP contribution in [0.4, 0.5) is 0 Å². The van der Waals surface area contributed by atoms with Gasteiger partial charge in [0.15, 0.2) is 0 Å². The van der Waals surface area contributed by atoms with Crippen molar-refractivity contribution < 1.29 is 5.11 Å². The summed E-state index contributed by atoms with van der Waals surface area (Å²) in [7, 11) is 2.06. The van der Waals surface area contributed by atoms with Gasteiger partial charge in [-0.25, -0.2) is 0 Å². The maximum atomic E-state index is 9.72. The highest BCUT2D eigenvalue weighted by molar-refractivity contribution is 5.81. The number of aliphatic hydroxyl groups excluding tert-OH is 1. The summed E-state index contributed by atoms with van der Waals surface area (Å²) in [6.45, 7) is 4.72. The molecule has 0 amide bonds. The number of hydrogen-bond acceptors (Lipinski definition) is 1. The van der Waals surface area contributed by atoms with Crippen molar-refractivity contribution in [1.29, 1.82) is 0 Å². The number of benzene rings is 1. The molecule has 0 saturated heterocycles. The summed E-state index contributed by atoms with van der Waals surface area (Å²) in [5, 5.41) is 11.0. The molecule has 2 heteroatoms. The van der Waals surface area contributed by atoms with Crippen LogP contribution >= 0.6 is 0 Å². The zero-order chi connectivity index (χ0) is 12.3. The average molecular weight is 229 g/mol. The maximum Gasteiger partial charge on any atom is 0.0533 e. The highest BCUT2D eigenvalue weighted by Crippen LogP contribution is 2.64. The van der Waals surface area contributed by atoms with Gasteiger partial charge in [0.25, 0.3) is 0 Å². The lowest BCUT2D eigenvalue weighted by Crippen LogP contribution is -2.19. The molecule has 3 rings (SSSR count). The van der Waals surface area contributed by atoms with Crippen molar-refractivity contribution in [2.75, 3.05) is 6.61 Å². The Balaban J connectivity index is 2.13. The van der Waals surface area contributed by atoms with Gasteiger partial charge in [-0.3, -0.25) is 0 Å². The minimum absolute atomic E-state index is 0.0168. The van der Waals surface area contributed by atoms with Crippen LogP contribution < -0.4 is 0 Å². The number of aliphatic hydroxyl groups is 1. The van der Waals surface area contributed by atoms with Gasteiger partial charge in [-0.15, -0.1) is 0 Å². The van der Waals surface area contributed by atoms with Crippen LogP contribution in [-0.2, 0) is 12.5 Å². The van der Waals surface area contributed by atoms with Crippen molar-refractivity contribution in [2.45, 2.75) is 25.7 Å². The van der Waals surface area contributed by atoms with Gasteiger partial charge < -0.3 is 9.67 Å². The molecule has 90 valence electrons. The Bertz CT molecular complexity index is 582. The van der Waals surface area contributed by atoms with Gasteiger partial charge in [-0.1, -0.05) is 19.9 Å². The topological polar surface area (TPSA) is 25.2 Å². The van der Waals surface area contributed by atoms with Crippen molar-refractivity contribution in [3.63, 3.8) is 0 Å². The van der Waals surface area contributed by atoms with Gasteiger partial charge >= 0.3 is 0 Å². The fraction of sp³-hybridized carbons (Fsp3) is 0.467. The number of hydrogen-bond donors (Lipinski definition) is 1. The van der Waals surface area contributed by atoms with E-state index in [-0.39, 0.29) is 17.4 Å².